The lowest BCUT2D eigenvalue weighted by atomic mass is 10.1. The van der Waals surface area contributed by atoms with Gasteiger partial charge >= 0.3 is 5.97 Å². The molecule has 9 nitrogen and oxygen atoms in total. The van der Waals surface area contributed by atoms with Crippen LogP contribution >= 0.6 is 0 Å². The Morgan fingerprint density at radius 2 is 2.11 bits per heavy atom. The molecule has 0 aliphatic carbocycles. The normalized spacial score (nSPS) is 17.6. The topological polar surface area (TPSA) is 120 Å². The summed E-state index contributed by atoms with van der Waals surface area (Å²) in [6, 6.07) is -0.482. The molecule has 2 atom stereocenters. The second kappa shape index (κ2) is 14.0. The molecule has 1 saturated heterocycles. The molecule has 1 aliphatic rings. The lowest BCUT2D eigenvalue weighted by Gasteiger charge is -2.21. The first kappa shape index (κ1) is 22.9. The Kier molecular flexibility index (Phi) is 11.8. The van der Waals surface area contributed by atoms with E-state index < -0.39 is 17.1 Å². The predicted octanol–water partition coefficient (Wildman–Crippen LogP) is 1.89. The van der Waals surface area contributed by atoms with Crippen molar-refractivity contribution in [3.8, 4) is 0 Å². The minimum atomic E-state index is -0.845. The summed E-state index contributed by atoms with van der Waals surface area (Å²) in [6.07, 6.45) is 9.29. The van der Waals surface area contributed by atoms with Crippen molar-refractivity contribution in [3.05, 3.63) is 22.3 Å². The van der Waals surface area contributed by atoms with Crippen molar-refractivity contribution in [2.24, 2.45) is 0 Å². The van der Waals surface area contributed by atoms with Gasteiger partial charge in [-0.15, -0.1) is 10.1 Å². The van der Waals surface area contributed by atoms with Gasteiger partial charge in [-0.25, -0.2) is 4.79 Å². The van der Waals surface area contributed by atoms with Gasteiger partial charge in [0.1, 0.15) is 6.04 Å². The van der Waals surface area contributed by atoms with Crippen LogP contribution in [0.4, 0.5) is 0 Å². The zero-order chi connectivity index (χ0) is 19.9. The Balaban J connectivity index is 2.38. The van der Waals surface area contributed by atoms with E-state index in [1.54, 1.807) is 0 Å². The van der Waals surface area contributed by atoms with Crippen LogP contribution in [0.3, 0.4) is 0 Å². The van der Waals surface area contributed by atoms with Gasteiger partial charge < -0.3 is 20.2 Å². The molecule has 9 heteroatoms. The quantitative estimate of drug-likeness (QED) is 0.154. The lowest BCUT2D eigenvalue weighted by molar-refractivity contribution is -0.757. The third-order valence-corrected chi connectivity index (χ3v) is 4.29. The third kappa shape index (κ3) is 11.2. The van der Waals surface area contributed by atoms with Gasteiger partial charge in [0.05, 0.1) is 13.2 Å². The number of esters is 1. The number of hydrogen-bond acceptors (Lipinski definition) is 7. The van der Waals surface area contributed by atoms with Crippen molar-refractivity contribution in [2.75, 3.05) is 19.8 Å². The van der Waals surface area contributed by atoms with Gasteiger partial charge in [-0.1, -0.05) is 12.2 Å². The first-order valence-electron chi connectivity index (χ1n) is 9.60. The molecule has 2 unspecified atom stereocenters. The van der Waals surface area contributed by atoms with Crippen LogP contribution in [0.25, 0.3) is 0 Å². The van der Waals surface area contributed by atoms with Gasteiger partial charge in [0.2, 0.25) is 5.91 Å². The fourth-order valence-corrected chi connectivity index (χ4v) is 2.89. The molecular weight excluding hydrogens is 354 g/mol. The monoisotopic (exact) mass is 385 g/mol. The SMILES string of the molecule is C/C=C\CCCC(=O)NC(CC1CCCN1)C(=O)OCCCCO[N+](=O)[O-]. The number of rotatable bonds is 14. The standard InChI is InChI=1S/C18H31N3O6/c1-2-3-4-5-10-17(22)20-16(14-15-9-8-11-19-15)18(23)26-12-6-7-13-27-21(24)25/h2-3,15-16,19H,4-14H2,1H3,(H,20,22)/b3-2-. The van der Waals surface area contributed by atoms with E-state index in [9.17, 15) is 19.7 Å². The van der Waals surface area contributed by atoms with E-state index in [-0.39, 0.29) is 25.2 Å². The van der Waals surface area contributed by atoms with Crippen LogP contribution in [0.1, 0.15) is 58.3 Å². The maximum Gasteiger partial charge on any atom is 0.328 e. The van der Waals surface area contributed by atoms with Crippen LogP contribution in [-0.2, 0) is 19.2 Å². The van der Waals surface area contributed by atoms with Crippen molar-refractivity contribution < 1.29 is 24.3 Å². The molecule has 1 amide bonds. The highest BCUT2D eigenvalue weighted by Crippen LogP contribution is 2.13. The molecule has 0 saturated carbocycles. The largest absolute Gasteiger partial charge is 0.464 e. The highest BCUT2D eigenvalue weighted by molar-refractivity contribution is 5.84. The first-order chi connectivity index (χ1) is 13.0. The zero-order valence-corrected chi connectivity index (χ0v) is 16.0. The van der Waals surface area contributed by atoms with Crippen LogP contribution in [0.15, 0.2) is 12.2 Å². The van der Waals surface area contributed by atoms with Crippen molar-refractivity contribution in [1.82, 2.24) is 10.6 Å². The number of allylic oxidation sites excluding steroid dienone is 2. The van der Waals surface area contributed by atoms with Crippen LogP contribution in [0.5, 0.6) is 0 Å². The number of ether oxygens (including phenoxy) is 1. The number of amides is 1. The summed E-state index contributed by atoms with van der Waals surface area (Å²) in [6.45, 7) is 2.97. The molecule has 1 aliphatic heterocycles. The van der Waals surface area contributed by atoms with Gasteiger partial charge in [-0.05, 0) is 58.4 Å². The molecule has 1 heterocycles. The fraction of sp³-hybridized carbons (Fsp3) is 0.778. The van der Waals surface area contributed by atoms with Crippen molar-refractivity contribution >= 4 is 11.9 Å². The summed E-state index contributed by atoms with van der Waals surface area (Å²) in [5.74, 6) is -0.612. The molecule has 154 valence electrons. The Bertz CT molecular complexity index is 491. The van der Waals surface area contributed by atoms with Crippen LogP contribution in [0, 0.1) is 10.1 Å². The Morgan fingerprint density at radius 1 is 1.33 bits per heavy atom. The summed E-state index contributed by atoms with van der Waals surface area (Å²) in [4.78, 5) is 38.8. The van der Waals surface area contributed by atoms with Gasteiger partial charge in [-0.3, -0.25) is 4.79 Å². The van der Waals surface area contributed by atoms with Gasteiger partial charge in [0, 0.05) is 12.5 Å². The number of carbonyl (C=O) groups excluding carboxylic acids is 2. The smallest absolute Gasteiger partial charge is 0.328 e. The molecule has 0 radical (unpaired) electrons. The molecule has 1 fully saturated rings. The highest BCUT2D eigenvalue weighted by atomic mass is 16.9. The second-order valence-corrected chi connectivity index (χ2v) is 6.54. The van der Waals surface area contributed by atoms with Crippen molar-refractivity contribution in [2.45, 2.75) is 70.4 Å². The number of nitrogens with one attached hydrogen (secondary N) is 2. The molecule has 0 aromatic rings. The Hall–Kier alpha value is -2.16. The average Bonchev–Trinajstić information content (AvgIpc) is 3.14. The molecule has 0 aromatic carbocycles. The van der Waals surface area contributed by atoms with Gasteiger partial charge in [0.25, 0.3) is 5.09 Å². The number of unbranched alkanes of at least 4 members (excludes halogenated alkanes) is 2. The zero-order valence-electron chi connectivity index (χ0n) is 16.0. The molecule has 27 heavy (non-hydrogen) atoms. The predicted molar refractivity (Wildman–Crippen MR) is 99.4 cm³/mol. The van der Waals surface area contributed by atoms with E-state index in [1.165, 1.54) is 0 Å². The molecule has 2 N–H and O–H groups in total. The summed E-state index contributed by atoms with van der Waals surface area (Å²) in [7, 11) is 0. The average molecular weight is 385 g/mol. The van der Waals surface area contributed by atoms with Crippen LogP contribution < -0.4 is 10.6 Å². The minimum Gasteiger partial charge on any atom is -0.464 e. The van der Waals surface area contributed by atoms with Crippen molar-refractivity contribution in [1.29, 1.82) is 0 Å². The van der Waals surface area contributed by atoms with Crippen molar-refractivity contribution in [3.63, 3.8) is 0 Å². The van der Waals surface area contributed by atoms with Crippen LogP contribution in [-0.4, -0.2) is 48.8 Å². The minimum absolute atomic E-state index is 0.0249. The third-order valence-electron chi connectivity index (χ3n) is 4.29. The number of nitrogens with zero attached hydrogens (tertiary/aromatic N) is 1. The fourth-order valence-electron chi connectivity index (χ4n) is 2.89. The Morgan fingerprint density at radius 3 is 2.78 bits per heavy atom. The summed E-state index contributed by atoms with van der Waals surface area (Å²) in [5, 5.41) is 15.3. The summed E-state index contributed by atoms with van der Waals surface area (Å²) < 4.78 is 5.25. The number of hydrogen-bond donors (Lipinski definition) is 2. The van der Waals surface area contributed by atoms with E-state index in [4.69, 9.17) is 4.74 Å². The summed E-state index contributed by atoms with van der Waals surface area (Å²) in [5.41, 5.74) is 0. The molecular formula is C18H31N3O6. The maximum absolute atomic E-state index is 12.4. The van der Waals surface area contributed by atoms with E-state index in [0.717, 1.165) is 32.2 Å². The number of carbonyl (C=O) groups is 2. The molecule has 0 bridgehead atoms. The lowest BCUT2D eigenvalue weighted by Crippen LogP contribution is -2.45. The highest BCUT2D eigenvalue weighted by Gasteiger charge is 2.27. The van der Waals surface area contributed by atoms with E-state index in [1.807, 2.05) is 19.1 Å². The summed E-state index contributed by atoms with van der Waals surface area (Å²) >= 11 is 0. The van der Waals surface area contributed by atoms with Gasteiger partial charge in [-0.2, -0.15) is 0 Å². The first-order valence-corrected chi connectivity index (χ1v) is 9.60. The second-order valence-electron chi connectivity index (χ2n) is 6.54. The Labute approximate surface area is 160 Å². The van der Waals surface area contributed by atoms with Gasteiger partial charge in [0.15, 0.2) is 0 Å². The molecule has 1 rings (SSSR count). The van der Waals surface area contributed by atoms with Crippen LogP contribution in [0.2, 0.25) is 0 Å². The van der Waals surface area contributed by atoms with E-state index in [0.29, 0.717) is 25.7 Å². The van der Waals surface area contributed by atoms with E-state index >= 15 is 0 Å². The molecule has 0 spiro atoms. The van der Waals surface area contributed by atoms with E-state index in [2.05, 4.69) is 15.5 Å². The molecule has 0 aromatic heterocycles. The maximum atomic E-state index is 12.4.